The molecule has 3 nitrogen and oxygen atoms in total. The van der Waals surface area contributed by atoms with Crippen molar-refractivity contribution in [3.63, 3.8) is 0 Å². The number of hydrogen-bond donors (Lipinski definition) is 3. The molecule has 0 spiro atoms. The Morgan fingerprint density at radius 1 is 1.64 bits per heavy atom. The summed E-state index contributed by atoms with van der Waals surface area (Å²) in [5, 5.41) is 15.3. The predicted octanol–water partition coefficient (Wildman–Crippen LogP) is -0.291. The molecule has 1 fully saturated rings. The van der Waals surface area contributed by atoms with E-state index in [-0.39, 0.29) is 6.61 Å². The quantitative estimate of drug-likeness (QED) is 0.529. The summed E-state index contributed by atoms with van der Waals surface area (Å²) < 4.78 is 0. The van der Waals surface area contributed by atoms with Crippen molar-refractivity contribution in [2.45, 2.75) is 31.8 Å². The number of nitrogens with one attached hydrogen (secondary N) is 2. The van der Waals surface area contributed by atoms with E-state index >= 15 is 0 Å². The van der Waals surface area contributed by atoms with E-state index in [1.54, 1.807) is 0 Å². The van der Waals surface area contributed by atoms with Crippen LogP contribution in [0, 0.1) is 0 Å². The molecule has 0 aromatic carbocycles. The first kappa shape index (κ1) is 8.97. The minimum Gasteiger partial charge on any atom is -0.395 e. The number of rotatable bonds is 3. The third-order valence-electron chi connectivity index (χ3n) is 2.28. The molecule has 0 radical (unpaired) electrons. The van der Waals surface area contributed by atoms with Crippen molar-refractivity contribution in [2.24, 2.45) is 0 Å². The van der Waals surface area contributed by atoms with Crippen LogP contribution in [0.25, 0.3) is 0 Å². The lowest BCUT2D eigenvalue weighted by atomic mass is 10.00. The molecule has 0 bridgehead atoms. The molecule has 1 rings (SSSR count). The van der Waals surface area contributed by atoms with Gasteiger partial charge in [-0.25, -0.2) is 0 Å². The SMILES string of the molecule is CC1NCCCC1NCCO. The highest BCUT2D eigenvalue weighted by Gasteiger charge is 2.18. The molecule has 3 N–H and O–H groups in total. The van der Waals surface area contributed by atoms with E-state index in [1.807, 2.05) is 0 Å². The molecule has 3 heteroatoms. The molecule has 0 saturated carbocycles. The normalized spacial score (nSPS) is 32.2. The summed E-state index contributed by atoms with van der Waals surface area (Å²) in [5.41, 5.74) is 0. The van der Waals surface area contributed by atoms with E-state index in [2.05, 4.69) is 17.6 Å². The van der Waals surface area contributed by atoms with Crippen molar-refractivity contribution >= 4 is 0 Å². The molecule has 1 saturated heterocycles. The number of aliphatic hydroxyl groups excluding tert-OH is 1. The average molecular weight is 158 g/mol. The summed E-state index contributed by atoms with van der Waals surface area (Å²) in [5.74, 6) is 0. The van der Waals surface area contributed by atoms with Gasteiger partial charge in [0, 0.05) is 18.6 Å². The minimum atomic E-state index is 0.239. The zero-order valence-electron chi connectivity index (χ0n) is 7.14. The first-order chi connectivity index (χ1) is 5.34. The van der Waals surface area contributed by atoms with E-state index in [4.69, 9.17) is 5.11 Å². The van der Waals surface area contributed by atoms with Crippen LogP contribution in [0.15, 0.2) is 0 Å². The Balaban J connectivity index is 2.18. The van der Waals surface area contributed by atoms with Gasteiger partial charge in [-0.1, -0.05) is 0 Å². The summed E-state index contributed by atoms with van der Waals surface area (Å²) in [7, 11) is 0. The van der Waals surface area contributed by atoms with Crippen LogP contribution in [-0.2, 0) is 0 Å². The first-order valence-corrected chi connectivity index (χ1v) is 4.42. The molecule has 2 atom stereocenters. The van der Waals surface area contributed by atoms with Crippen LogP contribution in [0.2, 0.25) is 0 Å². The van der Waals surface area contributed by atoms with Gasteiger partial charge in [0.25, 0.3) is 0 Å². The Kier molecular flexibility index (Phi) is 3.83. The molecule has 0 aliphatic carbocycles. The maximum atomic E-state index is 8.60. The zero-order chi connectivity index (χ0) is 8.10. The second-order valence-electron chi connectivity index (χ2n) is 3.17. The average Bonchev–Trinajstić information content (AvgIpc) is 2.03. The molecule has 1 aliphatic heterocycles. The molecule has 0 aromatic rings. The van der Waals surface area contributed by atoms with Crippen molar-refractivity contribution in [1.29, 1.82) is 0 Å². The molecule has 2 unspecified atom stereocenters. The van der Waals surface area contributed by atoms with Gasteiger partial charge in [0.15, 0.2) is 0 Å². The minimum absolute atomic E-state index is 0.239. The van der Waals surface area contributed by atoms with E-state index < -0.39 is 0 Å². The third-order valence-corrected chi connectivity index (χ3v) is 2.28. The lowest BCUT2D eigenvalue weighted by molar-refractivity contribution is 0.258. The first-order valence-electron chi connectivity index (χ1n) is 4.42. The van der Waals surface area contributed by atoms with Crippen LogP contribution in [0.4, 0.5) is 0 Å². The van der Waals surface area contributed by atoms with Crippen molar-refractivity contribution in [1.82, 2.24) is 10.6 Å². The van der Waals surface area contributed by atoms with Crippen molar-refractivity contribution in [2.75, 3.05) is 19.7 Å². The summed E-state index contributed by atoms with van der Waals surface area (Å²) >= 11 is 0. The molecular weight excluding hydrogens is 140 g/mol. The summed E-state index contributed by atoms with van der Waals surface area (Å²) in [6.45, 7) is 4.28. The van der Waals surface area contributed by atoms with Crippen molar-refractivity contribution < 1.29 is 5.11 Å². The summed E-state index contributed by atoms with van der Waals surface area (Å²) in [6.07, 6.45) is 2.47. The Morgan fingerprint density at radius 2 is 2.45 bits per heavy atom. The lowest BCUT2D eigenvalue weighted by Gasteiger charge is -2.30. The Morgan fingerprint density at radius 3 is 3.09 bits per heavy atom. The topological polar surface area (TPSA) is 44.3 Å². The summed E-state index contributed by atoms with van der Waals surface area (Å²) in [4.78, 5) is 0. The predicted molar refractivity (Wildman–Crippen MR) is 45.6 cm³/mol. The van der Waals surface area contributed by atoms with Crippen LogP contribution in [0.5, 0.6) is 0 Å². The maximum absolute atomic E-state index is 8.60. The fraction of sp³-hybridized carbons (Fsp3) is 1.00. The lowest BCUT2D eigenvalue weighted by Crippen LogP contribution is -2.50. The molecule has 1 heterocycles. The largest absolute Gasteiger partial charge is 0.395 e. The second kappa shape index (κ2) is 4.70. The van der Waals surface area contributed by atoms with E-state index in [9.17, 15) is 0 Å². The fourth-order valence-electron chi connectivity index (χ4n) is 1.57. The van der Waals surface area contributed by atoms with Crippen molar-refractivity contribution in [3.05, 3.63) is 0 Å². The molecule has 11 heavy (non-hydrogen) atoms. The van der Waals surface area contributed by atoms with Crippen LogP contribution in [0.1, 0.15) is 19.8 Å². The van der Waals surface area contributed by atoms with Gasteiger partial charge in [-0.2, -0.15) is 0 Å². The number of aliphatic hydroxyl groups is 1. The van der Waals surface area contributed by atoms with Gasteiger partial charge in [0.05, 0.1) is 6.61 Å². The van der Waals surface area contributed by atoms with Crippen molar-refractivity contribution in [3.8, 4) is 0 Å². The van der Waals surface area contributed by atoms with Gasteiger partial charge in [-0.3, -0.25) is 0 Å². The molecular formula is C8H18N2O. The standard InChI is InChI=1S/C8H18N2O/c1-7-8(10-5-6-11)3-2-4-9-7/h7-11H,2-6H2,1H3. The smallest absolute Gasteiger partial charge is 0.0556 e. The Hall–Kier alpha value is -0.120. The highest BCUT2D eigenvalue weighted by molar-refractivity contribution is 4.82. The fourth-order valence-corrected chi connectivity index (χ4v) is 1.57. The van der Waals surface area contributed by atoms with Gasteiger partial charge in [-0.05, 0) is 26.3 Å². The Labute approximate surface area is 68.2 Å². The van der Waals surface area contributed by atoms with Crippen LogP contribution >= 0.6 is 0 Å². The maximum Gasteiger partial charge on any atom is 0.0556 e. The molecule has 0 aromatic heterocycles. The molecule has 0 amide bonds. The van der Waals surface area contributed by atoms with E-state index in [1.165, 1.54) is 12.8 Å². The van der Waals surface area contributed by atoms with Gasteiger partial charge >= 0.3 is 0 Å². The summed E-state index contributed by atoms with van der Waals surface area (Å²) in [6, 6.07) is 1.10. The Bertz CT molecular complexity index is 108. The number of piperidine rings is 1. The van der Waals surface area contributed by atoms with Crippen LogP contribution < -0.4 is 10.6 Å². The molecule has 1 aliphatic rings. The number of hydrogen-bond acceptors (Lipinski definition) is 3. The highest BCUT2D eigenvalue weighted by atomic mass is 16.3. The van der Waals surface area contributed by atoms with E-state index in [0.29, 0.717) is 12.1 Å². The van der Waals surface area contributed by atoms with Crippen LogP contribution in [0.3, 0.4) is 0 Å². The van der Waals surface area contributed by atoms with E-state index in [0.717, 1.165) is 13.1 Å². The van der Waals surface area contributed by atoms with Gasteiger partial charge in [0.1, 0.15) is 0 Å². The van der Waals surface area contributed by atoms with Gasteiger partial charge < -0.3 is 15.7 Å². The second-order valence-corrected chi connectivity index (χ2v) is 3.17. The molecule has 66 valence electrons. The van der Waals surface area contributed by atoms with Crippen LogP contribution in [-0.4, -0.2) is 36.9 Å². The monoisotopic (exact) mass is 158 g/mol. The highest BCUT2D eigenvalue weighted by Crippen LogP contribution is 2.07. The third kappa shape index (κ3) is 2.77. The van der Waals surface area contributed by atoms with Gasteiger partial charge in [-0.15, -0.1) is 0 Å². The zero-order valence-corrected chi connectivity index (χ0v) is 7.14. The van der Waals surface area contributed by atoms with Gasteiger partial charge in [0.2, 0.25) is 0 Å².